The highest BCUT2D eigenvalue weighted by Gasteiger charge is 2.14. The highest BCUT2D eigenvalue weighted by Crippen LogP contribution is 2.24. The molecule has 1 rings (SSSR count). The van der Waals surface area contributed by atoms with Crippen LogP contribution in [0.2, 0.25) is 0 Å². The Morgan fingerprint density at radius 2 is 1.94 bits per heavy atom. The molecule has 3 nitrogen and oxygen atoms in total. The fourth-order valence-electron chi connectivity index (χ4n) is 1.37. The zero-order valence-corrected chi connectivity index (χ0v) is 12.1. The van der Waals surface area contributed by atoms with Crippen LogP contribution in [0.3, 0.4) is 0 Å². The van der Waals surface area contributed by atoms with E-state index in [4.69, 9.17) is 5.73 Å². The van der Waals surface area contributed by atoms with Crippen molar-refractivity contribution in [3.05, 3.63) is 24.3 Å². The van der Waals surface area contributed by atoms with Gasteiger partial charge in [0.1, 0.15) is 0 Å². The van der Waals surface area contributed by atoms with E-state index >= 15 is 0 Å². The van der Waals surface area contributed by atoms with Crippen molar-refractivity contribution in [2.75, 3.05) is 12.3 Å². The van der Waals surface area contributed by atoms with Gasteiger partial charge in [0.15, 0.2) is 0 Å². The molecule has 18 heavy (non-hydrogen) atoms. The molecule has 0 aromatic heterocycles. The van der Waals surface area contributed by atoms with Gasteiger partial charge in [-0.25, -0.2) is 0 Å². The quantitative estimate of drug-likeness (QED) is 0.615. The van der Waals surface area contributed by atoms with Gasteiger partial charge < -0.3 is 11.1 Å². The maximum absolute atomic E-state index is 11.9. The average molecular weight is 266 g/mol. The Hall–Kier alpha value is -1.16. The summed E-state index contributed by atoms with van der Waals surface area (Å²) in [5, 5.41) is 2.89. The normalized spacial score (nSPS) is 13.9. The lowest BCUT2D eigenvalue weighted by molar-refractivity contribution is -0.120. The van der Waals surface area contributed by atoms with E-state index < -0.39 is 0 Å². The summed E-state index contributed by atoms with van der Waals surface area (Å²) in [5.41, 5.74) is 6.37. The molecular formula is C14H22N2OS. The second-order valence-corrected chi connectivity index (χ2v) is 6.00. The molecule has 0 aliphatic heterocycles. The molecule has 4 heteroatoms. The van der Waals surface area contributed by atoms with Crippen molar-refractivity contribution < 1.29 is 4.79 Å². The number of rotatable bonds is 6. The lowest BCUT2D eigenvalue weighted by atomic mass is 10.1. The molecule has 0 radical (unpaired) electrons. The number of hydrogen-bond donors (Lipinski definition) is 2. The van der Waals surface area contributed by atoms with Crippen LogP contribution >= 0.6 is 11.8 Å². The second-order valence-electron chi connectivity index (χ2n) is 4.59. The number of nitrogens with two attached hydrogens (primary N) is 1. The molecule has 0 aliphatic rings. The van der Waals surface area contributed by atoms with Crippen LogP contribution in [0, 0.1) is 5.92 Å². The van der Waals surface area contributed by atoms with Crippen LogP contribution in [0.5, 0.6) is 0 Å². The largest absolute Gasteiger partial charge is 0.399 e. The van der Waals surface area contributed by atoms with Crippen molar-refractivity contribution in [3.63, 3.8) is 0 Å². The maximum Gasteiger partial charge on any atom is 0.233 e. The van der Waals surface area contributed by atoms with Crippen molar-refractivity contribution in [1.29, 1.82) is 0 Å². The molecule has 1 aromatic carbocycles. The van der Waals surface area contributed by atoms with Crippen molar-refractivity contribution in [3.8, 4) is 0 Å². The third-order valence-electron chi connectivity index (χ3n) is 2.88. The number of nitrogen functional groups attached to an aromatic ring is 1. The summed E-state index contributed by atoms with van der Waals surface area (Å²) in [7, 11) is 0. The van der Waals surface area contributed by atoms with Gasteiger partial charge in [-0.15, -0.1) is 11.8 Å². The summed E-state index contributed by atoms with van der Waals surface area (Å²) < 4.78 is 0. The third-order valence-corrected chi connectivity index (χ3v) is 4.00. The molecule has 2 atom stereocenters. The summed E-state index contributed by atoms with van der Waals surface area (Å²) >= 11 is 1.55. The van der Waals surface area contributed by atoms with Crippen LogP contribution in [0.1, 0.15) is 27.2 Å². The van der Waals surface area contributed by atoms with E-state index in [1.165, 1.54) is 0 Å². The lowest BCUT2D eigenvalue weighted by Crippen LogP contribution is -2.33. The van der Waals surface area contributed by atoms with Crippen LogP contribution in [0.25, 0.3) is 0 Å². The summed E-state index contributed by atoms with van der Waals surface area (Å²) in [4.78, 5) is 12.9. The Morgan fingerprint density at radius 3 is 2.50 bits per heavy atom. The predicted molar refractivity (Wildman–Crippen MR) is 78.6 cm³/mol. The van der Waals surface area contributed by atoms with Gasteiger partial charge in [-0.2, -0.15) is 0 Å². The lowest BCUT2D eigenvalue weighted by Gasteiger charge is -2.14. The van der Waals surface area contributed by atoms with E-state index in [-0.39, 0.29) is 11.2 Å². The van der Waals surface area contributed by atoms with Crippen molar-refractivity contribution in [2.24, 2.45) is 5.92 Å². The van der Waals surface area contributed by atoms with Gasteiger partial charge >= 0.3 is 0 Å². The van der Waals surface area contributed by atoms with E-state index in [1.54, 1.807) is 11.8 Å². The number of carbonyl (C=O) groups excluding carboxylic acids is 1. The maximum atomic E-state index is 11.9. The standard InChI is InChI=1S/C14H22N2OS/c1-4-10(2)9-16-14(17)11(3)18-13-7-5-12(15)6-8-13/h5-8,10-11H,4,9,15H2,1-3H3,(H,16,17). The minimum Gasteiger partial charge on any atom is -0.399 e. The molecule has 3 N–H and O–H groups in total. The van der Waals surface area contributed by atoms with E-state index in [0.29, 0.717) is 5.92 Å². The molecule has 0 aliphatic carbocycles. The van der Waals surface area contributed by atoms with Gasteiger partial charge in [0.05, 0.1) is 5.25 Å². The number of nitrogens with one attached hydrogen (secondary N) is 1. The SMILES string of the molecule is CCC(C)CNC(=O)C(C)Sc1ccc(N)cc1. The summed E-state index contributed by atoms with van der Waals surface area (Å²) in [6, 6.07) is 7.59. The zero-order valence-electron chi connectivity index (χ0n) is 11.3. The van der Waals surface area contributed by atoms with Gasteiger partial charge in [0.2, 0.25) is 5.91 Å². The third kappa shape index (κ3) is 5.00. The molecule has 2 unspecified atom stereocenters. The molecule has 0 heterocycles. The second kappa shape index (κ2) is 7.31. The smallest absolute Gasteiger partial charge is 0.233 e. The molecule has 100 valence electrons. The Morgan fingerprint density at radius 1 is 1.33 bits per heavy atom. The molecule has 0 bridgehead atoms. The first-order valence-corrected chi connectivity index (χ1v) is 7.20. The minimum atomic E-state index is -0.0855. The summed E-state index contributed by atoms with van der Waals surface area (Å²) in [5.74, 6) is 0.625. The number of hydrogen-bond acceptors (Lipinski definition) is 3. The van der Waals surface area contributed by atoms with Gasteiger partial charge in [0.25, 0.3) is 0 Å². The highest BCUT2D eigenvalue weighted by molar-refractivity contribution is 8.00. The predicted octanol–water partition coefficient (Wildman–Crippen LogP) is 2.91. The van der Waals surface area contributed by atoms with Crippen molar-refractivity contribution in [1.82, 2.24) is 5.32 Å². The molecule has 0 saturated carbocycles. The van der Waals surface area contributed by atoms with E-state index in [0.717, 1.165) is 23.5 Å². The molecular weight excluding hydrogens is 244 g/mol. The summed E-state index contributed by atoms with van der Waals surface area (Å²) in [6.07, 6.45) is 1.08. The van der Waals surface area contributed by atoms with Crippen LogP contribution in [0.4, 0.5) is 5.69 Å². The number of thioether (sulfide) groups is 1. The molecule has 1 amide bonds. The van der Waals surface area contributed by atoms with Crippen molar-refractivity contribution in [2.45, 2.75) is 37.3 Å². The van der Waals surface area contributed by atoms with Crippen LogP contribution in [-0.4, -0.2) is 17.7 Å². The topological polar surface area (TPSA) is 55.1 Å². The number of anilines is 1. The van der Waals surface area contributed by atoms with E-state index in [9.17, 15) is 4.79 Å². The Balaban J connectivity index is 2.42. The van der Waals surface area contributed by atoms with Crippen LogP contribution in [0.15, 0.2) is 29.2 Å². The molecule has 0 fully saturated rings. The summed E-state index contributed by atoms with van der Waals surface area (Å²) in [6.45, 7) is 6.94. The zero-order chi connectivity index (χ0) is 13.5. The first-order chi connectivity index (χ1) is 8.52. The first-order valence-electron chi connectivity index (χ1n) is 6.32. The monoisotopic (exact) mass is 266 g/mol. The molecule has 1 aromatic rings. The average Bonchev–Trinajstić information content (AvgIpc) is 2.38. The Kier molecular flexibility index (Phi) is 6.05. The van der Waals surface area contributed by atoms with E-state index in [2.05, 4.69) is 19.2 Å². The Bertz CT molecular complexity index is 378. The fourth-order valence-corrected chi connectivity index (χ4v) is 2.26. The molecule has 0 spiro atoms. The van der Waals surface area contributed by atoms with Crippen LogP contribution < -0.4 is 11.1 Å². The number of amides is 1. The van der Waals surface area contributed by atoms with Crippen molar-refractivity contribution >= 4 is 23.4 Å². The fraction of sp³-hybridized carbons (Fsp3) is 0.500. The van der Waals surface area contributed by atoms with Gasteiger partial charge in [-0.1, -0.05) is 20.3 Å². The number of benzene rings is 1. The van der Waals surface area contributed by atoms with Crippen LogP contribution in [-0.2, 0) is 4.79 Å². The molecule has 0 saturated heterocycles. The first kappa shape index (κ1) is 14.9. The highest BCUT2D eigenvalue weighted by atomic mass is 32.2. The Labute approximate surface area is 114 Å². The van der Waals surface area contributed by atoms with Gasteiger partial charge in [-0.05, 0) is 37.1 Å². The van der Waals surface area contributed by atoms with Gasteiger partial charge in [-0.3, -0.25) is 4.79 Å². The van der Waals surface area contributed by atoms with E-state index in [1.807, 2.05) is 31.2 Å². The minimum absolute atomic E-state index is 0.0855. The number of carbonyl (C=O) groups is 1. The van der Waals surface area contributed by atoms with Gasteiger partial charge in [0, 0.05) is 17.1 Å².